The molecule has 0 radical (unpaired) electrons. The van der Waals surface area contributed by atoms with Crippen molar-refractivity contribution in [2.75, 3.05) is 39.1 Å². The van der Waals surface area contributed by atoms with Gasteiger partial charge < -0.3 is 4.74 Å². The van der Waals surface area contributed by atoms with Crippen LogP contribution in [0.5, 0.6) is 0 Å². The summed E-state index contributed by atoms with van der Waals surface area (Å²) in [5.74, 6) is 0.725. The van der Waals surface area contributed by atoms with Crippen molar-refractivity contribution >= 4 is 11.8 Å². The molecule has 0 aromatic carbocycles. The highest BCUT2D eigenvalue weighted by molar-refractivity contribution is 7.99. The highest BCUT2D eigenvalue weighted by Gasteiger charge is 2.44. The number of thioether (sulfide) groups is 1. The Morgan fingerprint density at radius 1 is 0.889 bits per heavy atom. The van der Waals surface area contributed by atoms with Crippen molar-refractivity contribution in [3.63, 3.8) is 0 Å². The van der Waals surface area contributed by atoms with Gasteiger partial charge in [-0.2, -0.15) is 0 Å². The zero-order valence-corrected chi connectivity index (χ0v) is 17.8. The molecule has 1 saturated carbocycles. The summed E-state index contributed by atoms with van der Waals surface area (Å²) < 4.78 is 5.67. The molecule has 156 valence electrons. The SMILES string of the molecule is CSC1NC2NC3C(CCCCCCCCCC3N3CCOCC3)CN2N1. The number of hydrogen-bond donors (Lipinski definition) is 3. The molecule has 0 aromatic heterocycles. The van der Waals surface area contributed by atoms with Crippen LogP contribution >= 0.6 is 11.8 Å². The van der Waals surface area contributed by atoms with Crippen LogP contribution in [-0.4, -0.2) is 72.9 Å². The van der Waals surface area contributed by atoms with Gasteiger partial charge in [0.05, 0.1) is 13.2 Å². The molecule has 5 unspecified atom stereocenters. The number of fused-ring (bicyclic) bond motifs is 2. The molecule has 0 amide bonds. The van der Waals surface area contributed by atoms with E-state index in [0.29, 0.717) is 17.6 Å². The van der Waals surface area contributed by atoms with E-state index in [4.69, 9.17) is 4.74 Å². The molecule has 7 heteroatoms. The maximum atomic E-state index is 5.67. The maximum Gasteiger partial charge on any atom is 0.129 e. The third kappa shape index (κ3) is 5.18. The Balaban J connectivity index is 1.50. The number of ether oxygens (including phenoxy) is 1. The molecule has 4 fully saturated rings. The highest BCUT2D eigenvalue weighted by Crippen LogP contribution is 2.30. The lowest BCUT2D eigenvalue weighted by atomic mass is 9.83. The van der Waals surface area contributed by atoms with E-state index in [-0.39, 0.29) is 6.29 Å². The van der Waals surface area contributed by atoms with Crippen molar-refractivity contribution in [3.05, 3.63) is 0 Å². The number of nitrogens with zero attached hydrogens (tertiary/aromatic N) is 2. The van der Waals surface area contributed by atoms with E-state index in [0.717, 1.165) is 38.8 Å². The van der Waals surface area contributed by atoms with Gasteiger partial charge >= 0.3 is 0 Å². The average Bonchev–Trinajstić information content (AvgIpc) is 3.10. The predicted molar refractivity (Wildman–Crippen MR) is 112 cm³/mol. The lowest BCUT2D eigenvalue weighted by Crippen LogP contribution is -2.68. The number of morpholine rings is 1. The normalized spacial score (nSPS) is 40.6. The van der Waals surface area contributed by atoms with E-state index in [1.54, 1.807) is 0 Å². The highest BCUT2D eigenvalue weighted by atomic mass is 32.2. The van der Waals surface area contributed by atoms with Crippen LogP contribution in [-0.2, 0) is 4.74 Å². The molecule has 3 N–H and O–H groups in total. The summed E-state index contributed by atoms with van der Waals surface area (Å²) in [6.45, 7) is 5.16. The first kappa shape index (κ1) is 20.4. The smallest absolute Gasteiger partial charge is 0.129 e. The van der Waals surface area contributed by atoms with E-state index in [2.05, 4.69) is 32.2 Å². The summed E-state index contributed by atoms with van der Waals surface area (Å²) in [5, 5.41) is 10.2. The van der Waals surface area contributed by atoms with Crippen molar-refractivity contribution < 1.29 is 4.74 Å². The van der Waals surface area contributed by atoms with E-state index in [1.807, 2.05) is 11.8 Å². The summed E-state index contributed by atoms with van der Waals surface area (Å²) in [4.78, 5) is 2.74. The monoisotopic (exact) mass is 397 g/mol. The zero-order chi connectivity index (χ0) is 18.5. The second-order valence-electron chi connectivity index (χ2n) is 8.69. The number of hydrogen-bond acceptors (Lipinski definition) is 7. The Morgan fingerprint density at radius 2 is 1.59 bits per heavy atom. The average molecular weight is 398 g/mol. The first-order valence-corrected chi connectivity index (χ1v) is 12.5. The second kappa shape index (κ2) is 10.2. The number of hydrazine groups is 1. The quantitative estimate of drug-likeness (QED) is 0.660. The summed E-state index contributed by atoms with van der Waals surface area (Å²) in [5.41, 5.74) is 3.97. The molecule has 4 rings (SSSR count). The molecule has 5 atom stereocenters. The van der Waals surface area contributed by atoms with Gasteiger partial charge in [0.25, 0.3) is 0 Å². The van der Waals surface area contributed by atoms with Gasteiger partial charge in [-0.25, -0.2) is 10.4 Å². The standard InChI is InChI=1S/C20H39N5OS/c1-27-20-22-19-21-18-16(15-25(19)23-20)9-7-5-3-2-4-6-8-10-17(18)24-11-13-26-14-12-24/h16-23H,2-15H2,1H3. The number of nitrogens with one attached hydrogen (secondary N) is 3. The first-order valence-electron chi connectivity index (χ1n) is 11.2. The Labute approximate surface area is 169 Å². The summed E-state index contributed by atoms with van der Waals surface area (Å²) >= 11 is 1.85. The predicted octanol–water partition coefficient (Wildman–Crippen LogP) is 2.14. The van der Waals surface area contributed by atoms with Gasteiger partial charge in [0, 0.05) is 31.7 Å². The van der Waals surface area contributed by atoms with Crippen molar-refractivity contribution in [3.8, 4) is 0 Å². The van der Waals surface area contributed by atoms with Gasteiger partial charge in [-0.05, 0) is 25.0 Å². The van der Waals surface area contributed by atoms with E-state index in [9.17, 15) is 0 Å². The molecular formula is C20H39N5OS. The Hall–Kier alpha value is 0.110. The van der Waals surface area contributed by atoms with E-state index < -0.39 is 0 Å². The Bertz CT molecular complexity index is 450. The molecule has 6 nitrogen and oxygen atoms in total. The molecule has 1 aliphatic carbocycles. The molecule has 0 spiro atoms. The fourth-order valence-corrected chi connectivity index (χ4v) is 5.94. The lowest BCUT2D eigenvalue weighted by Gasteiger charge is -2.48. The van der Waals surface area contributed by atoms with Crippen LogP contribution in [0.2, 0.25) is 0 Å². The largest absolute Gasteiger partial charge is 0.379 e. The second-order valence-corrected chi connectivity index (χ2v) is 9.63. The summed E-state index contributed by atoms with van der Waals surface area (Å²) in [7, 11) is 0. The topological polar surface area (TPSA) is 51.8 Å². The van der Waals surface area contributed by atoms with Gasteiger partial charge in [-0.3, -0.25) is 15.5 Å². The molecule has 4 aliphatic rings. The van der Waals surface area contributed by atoms with Crippen LogP contribution in [0.3, 0.4) is 0 Å². The zero-order valence-electron chi connectivity index (χ0n) is 17.0. The van der Waals surface area contributed by atoms with Crippen LogP contribution in [0.25, 0.3) is 0 Å². The van der Waals surface area contributed by atoms with Gasteiger partial charge in [-0.1, -0.05) is 44.9 Å². The number of rotatable bonds is 2. The molecule has 3 heterocycles. The van der Waals surface area contributed by atoms with E-state index in [1.165, 1.54) is 57.8 Å². The molecule has 3 saturated heterocycles. The van der Waals surface area contributed by atoms with Crippen LogP contribution in [0.4, 0.5) is 0 Å². The molecule has 0 bridgehead atoms. The van der Waals surface area contributed by atoms with Crippen molar-refractivity contribution in [1.82, 2.24) is 26.0 Å². The third-order valence-corrected chi connectivity index (χ3v) is 7.65. The summed E-state index contributed by atoms with van der Waals surface area (Å²) in [6, 6.07) is 1.23. The van der Waals surface area contributed by atoms with Crippen LogP contribution < -0.4 is 16.1 Å². The minimum absolute atomic E-state index is 0.264. The van der Waals surface area contributed by atoms with Crippen LogP contribution in [0.15, 0.2) is 0 Å². The van der Waals surface area contributed by atoms with Gasteiger partial charge in [-0.15, -0.1) is 11.8 Å². The fraction of sp³-hybridized carbons (Fsp3) is 1.00. The van der Waals surface area contributed by atoms with Gasteiger partial charge in [0.1, 0.15) is 11.8 Å². The van der Waals surface area contributed by atoms with Gasteiger partial charge in [0.2, 0.25) is 0 Å². The summed E-state index contributed by atoms with van der Waals surface area (Å²) in [6.07, 6.45) is 15.0. The molecule has 27 heavy (non-hydrogen) atoms. The maximum absolute atomic E-state index is 5.67. The lowest BCUT2D eigenvalue weighted by molar-refractivity contribution is -0.0302. The van der Waals surface area contributed by atoms with E-state index >= 15 is 0 Å². The van der Waals surface area contributed by atoms with Crippen LogP contribution in [0, 0.1) is 5.92 Å². The van der Waals surface area contributed by atoms with Crippen molar-refractivity contribution in [2.45, 2.75) is 81.7 Å². The van der Waals surface area contributed by atoms with Crippen molar-refractivity contribution in [1.29, 1.82) is 0 Å². The minimum Gasteiger partial charge on any atom is -0.379 e. The molecule has 0 aromatic rings. The third-order valence-electron chi connectivity index (χ3n) is 6.93. The first-order chi connectivity index (χ1) is 13.3. The Kier molecular flexibility index (Phi) is 7.73. The molecule has 3 aliphatic heterocycles. The minimum atomic E-state index is 0.264. The van der Waals surface area contributed by atoms with Crippen molar-refractivity contribution in [2.24, 2.45) is 5.92 Å². The van der Waals surface area contributed by atoms with Crippen LogP contribution in [0.1, 0.15) is 57.8 Å². The fourth-order valence-electron chi connectivity index (χ4n) is 5.44. The Morgan fingerprint density at radius 3 is 2.33 bits per heavy atom. The molecular weight excluding hydrogens is 358 g/mol. The van der Waals surface area contributed by atoms with Gasteiger partial charge in [0.15, 0.2) is 0 Å².